The normalized spacial score (nSPS) is 6.91. The molecule has 0 fully saturated rings. The molecule has 0 saturated heterocycles. The minimum atomic E-state index is 0. The number of rotatable bonds is 2. The Kier molecular flexibility index (Phi) is 21.4. The van der Waals surface area contributed by atoms with Gasteiger partial charge >= 0.3 is 19.5 Å². The maximum absolute atomic E-state index is 8.25. The van der Waals surface area contributed by atoms with Gasteiger partial charge in [0.25, 0.3) is 0 Å². The van der Waals surface area contributed by atoms with E-state index in [0.29, 0.717) is 4.32 Å². The molecule has 0 atom stereocenters. The van der Waals surface area contributed by atoms with Crippen molar-refractivity contribution in [2.24, 2.45) is 0 Å². The molecule has 0 rings (SSSR count). The van der Waals surface area contributed by atoms with Crippen molar-refractivity contribution >= 4 is 29.2 Å². The largest absolute Gasteiger partial charge is 2.00 e. The average Bonchev–Trinajstić information content (AvgIpc) is 1.94. The Morgan fingerprint density at radius 3 is 1.64 bits per heavy atom. The van der Waals surface area contributed by atoms with Gasteiger partial charge in [-0.05, 0) is 13.8 Å². The maximum atomic E-state index is 8.25. The fourth-order valence-electron chi connectivity index (χ4n) is 0.482. The van der Waals surface area contributed by atoms with Crippen molar-refractivity contribution in [3.05, 3.63) is 0 Å². The molecule has 0 saturated carbocycles. The van der Waals surface area contributed by atoms with Crippen molar-refractivity contribution < 1.29 is 24.6 Å². The van der Waals surface area contributed by atoms with Crippen LogP contribution in [0.25, 0.3) is 0 Å². The van der Waals surface area contributed by atoms with Gasteiger partial charge in [0.15, 0.2) is 0 Å². The summed E-state index contributed by atoms with van der Waals surface area (Å²) in [5.41, 5.74) is 0. The number of hydrogen-bond acceptors (Lipinski definition) is 3. The van der Waals surface area contributed by atoms with E-state index in [-0.39, 0.29) is 19.5 Å². The minimum absolute atomic E-state index is 0. The van der Waals surface area contributed by atoms with E-state index in [1.54, 1.807) is 0 Å². The van der Waals surface area contributed by atoms with E-state index in [0.717, 1.165) is 20.2 Å². The predicted molar refractivity (Wildman–Crippen MR) is 48.8 cm³/mol. The SMILES string of the molecule is CCN(CC)C(=S)[S-].C[O-].[Zn+2]. The second-order valence-electron chi connectivity index (χ2n) is 1.44. The van der Waals surface area contributed by atoms with Crippen molar-refractivity contribution in [2.75, 3.05) is 20.2 Å². The van der Waals surface area contributed by atoms with Gasteiger partial charge in [0.1, 0.15) is 0 Å². The molecule has 11 heavy (non-hydrogen) atoms. The standard InChI is InChI=1S/C5H11NS2.CH3O.Zn/c1-3-6(4-2)5(7)8;1-2;/h3-4H2,1-2H3,(H,7,8);1H3;/q;-1;+2/p-1. The van der Waals surface area contributed by atoms with Crippen LogP contribution in [0.3, 0.4) is 0 Å². The summed E-state index contributed by atoms with van der Waals surface area (Å²) in [6.07, 6.45) is 0. The van der Waals surface area contributed by atoms with Crippen LogP contribution in [0.2, 0.25) is 0 Å². The summed E-state index contributed by atoms with van der Waals surface area (Å²) < 4.78 is 0.579. The molecular weight excluding hydrogens is 232 g/mol. The summed E-state index contributed by atoms with van der Waals surface area (Å²) in [5, 5.41) is 8.25. The third kappa shape index (κ3) is 10.7. The molecule has 0 unspecified atom stereocenters. The molecular formula is C6H13NOS2Zn. The van der Waals surface area contributed by atoms with Crippen LogP contribution in [0, 0.1) is 0 Å². The van der Waals surface area contributed by atoms with Gasteiger partial charge in [-0.1, -0.05) is 4.32 Å². The molecule has 0 bridgehead atoms. The Bertz CT molecular complexity index is 88.7. The summed E-state index contributed by atoms with van der Waals surface area (Å²) in [5.74, 6) is 0. The zero-order valence-corrected chi connectivity index (χ0v) is 11.9. The van der Waals surface area contributed by atoms with E-state index in [4.69, 9.17) is 30.0 Å². The first-order valence-electron chi connectivity index (χ1n) is 3.09. The van der Waals surface area contributed by atoms with E-state index in [1.165, 1.54) is 0 Å². The third-order valence-corrected chi connectivity index (χ3v) is 1.54. The molecule has 5 heteroatoms. The minimum Gasteiger partial charge on any atom is -0.857 e. The number of hydrogen-bond donors (Lipinski definition) is 0. The third-order valence-electron chi connectivity index (χ3n) is 1.02. The first-order valence-corrected chi connectivity index (χ1v) is 3.90. The molecule has 62 valence electrons. The maximum Gasteiger partial charge on any atom is 2.00 e. The first-order chi connectivity index (χ1) is 4.72. The fraction of sp³-hybridized carbons (Fsp3) is 0.833. The van der Waals surface area contributed by atoms with Gasteiger partial charge in [-0.25, -0.2) is 0 Å². The van der Waals surface area contributed by atoms with E-state index in [2.05, 4.69) is 0 Å². The van der Waals surface area contributed by atoms with Crippen molar-refractivity contribution in [3.63, 3.8) is 0 Å². The van der Waals surface area contributed by atoms with Gasteiger partial charge in [0, 0.05) is 13.1 Å². The molecule has 0 spiro atoms. The number of thiocarbonyl (C=S) groups is 1. The average molecular weight is 245 g/mol. The topological polar surface area (TPSA) is 26.3 Å². The summed E-state index contributed by atoms with van der Waals surface area (Å²) in [6, 6.07) is 0. The van der Waals surface area contributed by atoms with Crippen molar-refractivity contribution in [1.82, 2.24) is 4.90 Å². The van der Waals surface area contributed by atoms with E-state index in [9.17, 15) is 0 Å². The summed E-state index contributed by atoms with van der Waals surface area (Å²) >= 11 is 9.51. The van der Waals surface area contributed by atoms with Crippen LogP contribution >= 0.6 is 12.2 Å². The molecule has 0 aliphatic heterocycles. The van der Waals surface area contributed by atoms with Gasteiger partial charge in [-0.15, -0.1) is 0 Å². The Labute approximate surface area is 92.5 Å². The molecule has 0 aromatic carbocycles. The van der Waals surface area contributed by atoms with Crippen molar-refractivity contribution in [1.29, 1.82) is 0 Å². The van der Waals surface area contributed by atoms with Gasteiger partial charge in [-0.2, -0.15) is 7.11 Å². The van der Waals surface area contributed by atoms with Gasteiger partial charge in [0.05, 0.1) is 0 Å². The monoisotopic (exact) mass is 243 g/mol. The molecule has 0 aliphatic rings. The van der Waals surface area contributed by atoms with Crippen molar-refractivity contribution in [2.45, 2.75) is 13.8 Å². The van der Waals surface area contributed by atoms with Crippen LogP contribution in [0.15, 0.2) is 0 Å². The Balaban J connectivity index is -0.000000196. The zero-order valence-electron chi connectivity index (χ0n) is 7.29. The summed E-state index contributed by atoms with van der Waals surface area (Å²) in [4.78, 5) is 1.96. The first kappa shape index (κ1) is 17.7. The molecule has 2 nitrogen and oxygen atoms in total. The molecule has 0 radical (unpaired) electrons. The molecule has 0 aromatic rings. The van der Waals surface area contributed by atoms with E-state index in [1.807, 2.05) is 18.7 Å². The molecule has 0 N–H and O–H groups in total. The van der Waals surface area contributed by atoms with Crippen LogP contribution in [-0.4, -0.2) is 29.4 Å². The summed E-state index contributed by atoms with van der Waals surface area (Å²) in [6.45, 7) is 5.95. The van der Waals surface area contributed by atoms with Gasteiger partial charge in [-0.3, -0.25) is 0 Å². The Morgan fingerprint density at radius 1 is 1.36 bits per heavy atom. The Morgan fingerprint density at radius 2 is 1.64 bits per heavy atom. The van der Waals surface area contributed by atoms with Crippen LogP contribution in [0.1, 0.15) is 13.8 Å². The Hall–Kier alpha value is 0.693. The molecule has 0 amide bonds. The van der Waals surface area contributed by atoms with Crippen LogP contribution < -0.4 is 5.11 Å². The zero-order chi connectivity index (χ0) is 8.57. The summed E-state index contributed by atoms with van der Waals surface area (Å²) in [7, 11) is 0.750. The van der Waals surface area contributed by atoms with Gasteiger partial charge < -0.3 is 34.9 Å². The van der Waals surface area contributed by atoms with Crippen LogP contribution in [-0.2, 0) is 32.1 Å². The molecule has 0 aromatic heterocycles. The van der Waals surface area contributed by atoms with E-state index < -0.39 is 0 Å². The molecule has 0 aliphatic carbocycles. The fourth-order valence-corrected chi connectivity index (χ4v) is 0.998. The van der Waals surface area contributed by atoms with Crippen LogP contribution in [0.5, 0.6) is 0 Å². The van der Waals surface area contributed by atoms with Crippen LogP contribution in [0.4, 0.5) is 0 Å². The molecule has 0 heterocycles. The quantitative estimate of drug-likeness (QED) is 0.392. The second-order valence-corrected chi connectivity index (χ2v) is 2.47. The second kappa shape index (κ2) is 13.3. The van der Waals surface area contributed by atoms with Gasteiger partial charge in [0.2, 0.25) is 0 Å². The van der Waals surface area contributed by atoms with E-state index >= 15 is 0 Å². The number of nitrogens with zero attached hydrogens (tertiary/aromatic N) is 1. The predicted octanol–water partition coefficient (Wildman–Crippen LogP) is 0.134. The smallest absolute Gasteiger partial charge is 0.857 e. The van der Waals surface area contributed by atoms with Crippen molar-refractivity contribution in [3.8, 4) is 0 Å².